The van der Waals surface area contributed by atoms with Gasteiger partial charge in [0, 0.05) is 36.4 Å². The highest BCUT2D eigenvalue weighted by atomic mass is 19.1. The van der Waals surface area contributed by atoms with E-state index in [2.05, 4.69) is 10.3 Å². The van der Waals surface area contributed by atoms with Crippen LogP contribution in [-0.4, -0.2) is 21.1 Å². The maximum atomic E-state index is 13.2. The van der Waals surface area contributed by atoms with Crippen LogP contribution >= 0.6 is 0 Å². The Hall–Kier alpha value is -3.80. The molecule has 0 saturated carbocycles. The second-order valence-electron chi connectivity index (χ2n) is 6.33. The lowest BCUT2D eigenvalue weighted by molar-refractivity contribution is -0.112. The number of nitrogens with zero attached hydrogens (tertiary/aromatic N) is 2. The Morgan fingerprint density at radius 3 is 2.50 bits per heavy atom. The number of hydrogen-bond acceptors (Lipinski definition) is 3. The number of benzene rings is 1. The summed E-state index contributed by atoms with van der Waals surface area (Å²) in [6.07, 6.45) is 5.42. The lowest BCUT2D eigenvalue weighted by atomic mass is 10.1. The number of amides is 1. The molecule has 3 aromatic heterocycles. The van der Waals surface area contributed by atoms with Gasteiger partial charge in [0.15, 0.2) is 0 Å². The number of carbonyl (C=O) groups excluding carboxylic acids is 2. The van der Waals surface area contributed by atoms with Crippen LogP contribution in [0.2, 0.25) is 0 Å². The van der Waals surface area contributed by atoms with Gasteiger partial charge in [-0.2, -0.15) is 0 Å². The van der Waals surface area contributed by atoms with Crippen LogP contribution in [0.1, 0.15) is 21.6 Å². The van der Waals surface area contributed by atoms with Crippen LogP contribution in [0.3, 0.4) is 0 Å². The van der Waals surface area contributed by atoms with Crippen molar-refractivity contribution >= 4 is 22.9 Å². The number of fused-ring (bicyclic) bond motifs is 1. The molecular weight excluding hydrogens is 357 g/mol. The van der Waals surface area contributed by atoms with Crippen molar-refractivity contribution < 1.29 is 14.0 Å². The van der Waals surface area contributed by atoms with Crippen LogP contribution in [0, 0.1) is 5.82 Å². The molecule has 0 saturated heterocycles. The van der Waals surface area contributed by atoms with Gasteiger partial charge >= 0.3 is 0 Å². The van der Waals surface area contributed by atoms with Crippen LogP contribution in [-0.2, 0) is 11.2 Å². The van der Waals surface area contributed by atoms with Crippen molar-refractivity contribution in [3.05, 3.63) is 102 Å². The summed E-state index contributed by atoms with van der Waals surface area (Å²) >= 11 is 0. The largest absolute Gasteiger partial charge is 0.320 e. The average Bonchev–Trinajstić information content (AvgIpc) is 3.08. The van der Waals surface area contributed by atoms with E-state index in [1.165, 1.54) is 24.5 Å². The van der Waals surface area contributed by atoms with Gasteiger partial charge in [0.25, 0.3) is 11.7 Å². The number of nitrogens with one attached hydrogen (secondary N) is 1. The summed E-state index contributed by atoms with van der Waals surface area (Å²) in [5, 5.41) is 2.59. The summed E-state index contributed by atoms with van der Waals surface area (Å²) < 4.78 is 15.0. The van der Waals surface area contributed by atoms with Crippen molar-refractivity contribution in [3.63, 3.8) is 0 Å². The molecular formula is C22H16FN3O2. The van der Waals surface area contributed by atoms with E-state index >= 15 is 0 Å². The van der Waals surface area contributed by atoms with Gasteiger partial charge in [-0.15, -0.1) is 0 Å². The minimum atomic E-state index is -0.712. The molecule has 6 heteroatoms. The number of ketones is 1. The zero-order valence-corrected chi connectivity index (χ0v) is 14.8. The normalized spacial score (nSPS) is 10.8. The van der Waals surface area contributed by atoms with E-state index in [1.807, 2.05) is 22.7 Å². The molecule has 4 rings (SSSR count). The van der Waals surface area contributed by atoms with Gasteiger partial charge in [-0.05, 0) is 48.0 Å². The molecule has 0 radical (unpaired) electrons. The number of Topliss-reactive ketones (excluding diaryl/α,β-unsaturated/α-hetero) is 1. The third-order valence-corrected chi connectivity index (χ3v) is 4.44. The predicted molar refractivity (Wildman–Crippen MR) is 104 cm³/mol. The maximum Gasteiger partial charge on any atom is 0.296 e. The van der Waals surface area contributed by atoms with E-state index in [-0.39, 0.29) is 5.82 Å². The Bertz CT molecular complexity index is 1150. The fourth-order valence-electron chi connectivity index (χ4n) is 3.10. The van der Waals surface area contributed by atoms with Gasteiger partial charge < -0.3 is 9.72 Å². The molecule has 5 nitrogen and oxygen atoms in total. The topological polar surface area (TPSA) is 63.5 Å². The Kier molecular flexibility index (Phi) is 4.68. The zero-order valence-electron chi connectivity index (χ0n) is 14.8. The standard InChI is InChI=1S/C22H16FN3O2/c23-16-6-4-15(5-7-16)13-18-14-19(20-3-1-2-12-26(18)20)21(27)22(28)25-17-8-10-24-11-9-17/h1-12,14H,13H2,(H,24,25,28). The van der Waals surface area contributed by atoms with Crippen molar-refractivity contribution in [3.8, 4) is 0 Å². The SMILES string of the molecule is O=C(Nc1ccncc1)C(=O)c1cc(Cc2ccc(F)cc2)n2ccccc12. The molecule has 1 amide bonds. The number of anilines is 1. The summed E-state index contributed by atoms with van der Waals surface area (Å²) in [6.45, 7) is 0. The van der Waals surface area contributed by atoms with Gasteiger partial charge in [-0.1, -0.05) is 18.2 Å². The minimum absolute atomic E-state index is 0.299. The van der Waals surface area contributed by atoms with Crippen LogP contribution in [0.5, 0.6) is 0 Å². The first-order valence-corrected chi connectivity index (χ1v) is 8.71. The van der Waals surface area contributed by atoms with E-state index < -0.39 is 11.7 Å². The molecule has 0 unspecified atom stereocenters. The van der Waals surface area contributed by atoms with Crippen LogP contribution in [0.25, 0.3) is 5.52 Å². The molecule has 0 fully saturated rings. The number of rotatable bonds is 5. The highest BCUT2D eigenvalue weighted by Crippen LogP contribution is 2.21. The van der Waals surface area contributed by atoms with Gasteiger partial charge in [-0.3, -0.25) is 14.6 Å². The summed E-state index contributed by atoms with van der Waals surface area (Å²) in [7, 11) is 0. The molecule has 4 aromatic rings. The third-order valence-electron chi connectivity index (χ3n) is 4.44. The highest BCUT2D eigenvalue weighted by Gasteiger charge is 2.22. The highest BCUT2D eigenvalue weighted by molar-refractivity contribution is 6.47. The number of halogens is 1. The Labute approximate surface area is 160 Å². The van der Waals surface area contributed by atoms with Crippen LogP contribution < -0.4 is 5.32 Å². The molecule has 1 N–H and O–H groups in total. The second kappa shape index (κ2) is 7.44. The summed E-state index contributed by atoms with van der Waals surface area (Å²) in [4.78, 5) is 29.1. The average molecular weight is 373 g/mol. The van der Waals surface area contributed by atoms with E-state index in [0.29, 0.717) is 23.2 Å². The molecule has 28 heavy (non-hydrogen) atoms. The van der Waals surface area contributed by atoms with Crippen LogP contribution in [0.15, 0.2) is 79.3 Å². The number of aromatic nitrogens is 2. The fourth-order valence-corrected chi connectivity index (χ4v) is 3.10. The minimum Gasteiger partial charge on any atom is -0.320 e. The lowest BCUT2D eigenvalue weighted by Crippen LogP contribution is -2.22. The summed E-state index contributed by atoms with van der Waals surface area (Å²) in [5.74, 6) is -1.63. The molecule has 138 valence electrons. The predicted octanol–water partition coefficient (Wildman–Crippen LogP) is 3.89. The summed E-state index contributed by atoms with van der Waals surface area (Å²) in [5.41, 5.74) is 3.22. The molecule has 0 atom stereocenters. The molecule has 0 aliphatic rings. The van der Waals surface area contributed by atoms with Crippen molar-refractivity contribution in [2.24, 2.45) is 0 Å². The van der Waals surface area contributed by atoms with E-state index in [9.17, 15) is 14.0 Å². The van der Waals surface area contributed by atoms with Crippen molar-refractivity contribution in [1.29, 1.82) is 0 Å². The van der Waals surface area contributed by atoms with Crippen molar-refractivity contribution in [2.45, 2.75) is 6.42 Å². The molecule has 3 heterocycles. The number of hydrogen-bond donors (Lipinski definition) is 1. The zero-order chi connectivity index (χ0) is 19.5. The maximum absolute atomic E-state index is 13.2. The molecule has 1 aromatic carbocycles. The Morgan fingerprint density at radius 1 is 1.00 bits per heavy atom. The van der Waals surface area contributed by atoms with Crippen molar-refractivity contribution in [2.75, 3.05) is 5.32 Å². The van der Waals surface area contributed by atoms with Gasteiger partial charge in [0.1, 0.15) is 5.82 Å². The monoisotopic (exact) mass is 373 g/mol. The first-order chi connectivity index (χ1) is 13.6. The Balaban J connectivity index is 1.66. The smallest absolute Gasteiger partial charge is 0.296 e. The molecule has 0 bridgehead atoms. The Morgan fingerprint density at radius 2 is 1.75 bits per heavy atom. The molecule has 0 aliphatic heterocycles. The van der Waals surface area contributed by atoms with Crippen LogP contribution in [0.4, 0.5) is 10.1 Å². The summed E-state index contributed by atoms with van der Waals surface area (Å²) in [6, 6.07) is 16.6. The molecule has 0 spiro atoms. The second-order valence-corrected chi connectivity index (χ2v) is 6.33. The van der Waals surface area contributed by atoms with Crippen molar-refractivity contribution in [1.82, 2.24) is 9.38 Å². The van der Waals surface area contributed by atoms with E-state index in [1.54, 1.807) is 36.4 Å². The first-order valence-electron chi connectivity index (χ1n) is 8.71. The van der Waals surface area contributed by atoms with Gasteiger partial charge in [0.05, 0.1) is 11.1 Å². The fraction of sp³-hybridized carbons (Fsp3) is 0.0455. The van der Waals surface area contributed by atoms with E-state index in [4.69, 9.17) is 0 Å². The van der Waals surface area contributed by atoms with E-state index in [0.717, 1.165) is 11.3 Å². The number of carbonyl (C=O) groups is 2. The first kappa shape index (κ1) is 17.6. The van der Waals surface area contributed by atoms with Gasteiger partial charge in [0.2, 0.25) is 0 Å². The molecule has 0 aliphatic carbocycles. The van der Waals surface area contributed by atoms with Gasteiger partial charge in [-0.25, -0.2) is 4.39 Å². The third kappa shape index (κ3) is 3.53. The lowest BCUT2D eigenvalue weighted by Gasteiger charge is -2.04. The quantitative estimate of drug-likeness (QED) is 0.426. The number of pyridine rings is 2.